The molecule has 0 spiro atoms. The first-order chi connectivity index (χ1) is 14.1. The molecule has 0 saturated heterocycles. The Morgan fingerprint density at radius 1 is 0.862 bits per heavy atom. The number of aryl methyl sites for hydroxylation is 1. The average Bonchev–Trinajstić information content (AvgIpc) is 2.72. The Bertz CT molecular complexity index is 829. The number of halogens is 1. The molecule has 152 valence electrons. The van der Waals surface area contributed by atoms with Crippen molar-refractivity contribution >= 4 is 12.6 Å². The van der Waals surface area contributed by atoms with Gasteiger partial charge in [-0.3, -0.25) is 0 Å². The Morgan fingerprint density at radius 2 is 1.52 bits per heavy atom. The second-order valence-corrected chi connectivity index (χ2v) is 6.45. The van der Waals surface area contributed by atoms with Crippen LogP contribution in [-0.2, 0) is 11.3 Å². The molecule has 4 nitrogen and oxygen atoms in total. The summed E-state index contributed by atoms with van der Waals surface area (Å²) in [4.78, 5) is 0. The van der Waals surface area contributed by atoms with Crippen LogP contribution < -0.4 is 10.2 Å². The maximum atomic E-state index is 13.5. The summed E-state index contributed by atoms with van der Waals surface area (Å²) < 4.78 is 24.4. The first-order valence-electron chi connectivity index (χ1n) is 9.48. The SMILES string of the molecule is Cc1ccccc1.OB(O)c1ccc(OCCCOCc2ccccc2)cc1F. The van der Waals surface area contributed by atoms with Gasteiger partial charge in [0, 0.05) is 17.9 Å². The van der Waals surface area contributed by atoms with Gasteiger partial charge in [-0.15, -0.1) is 0 Å². The largest absolute Gasteiger partial charge is 0.493 e. The van der Waals surface area contributed by atoms with E-state index in [0.29, 0.717) is 32.0 Å². The van der Waals surface area contributed by atoms with Crippen LogP contribution in [0, 0.1) is 12.7 Å². The van der Waals surface area contributed by atoms with Crippen LogP contribution in [0.2, 0.25) is 0 Å². The zero-order valence-electron chi connectivity index (χ0n) is 16.5. The number of hydrogen-bond donors (Lipinski definition) is 2. The molecule has 3 aromatic rings. The van der Waals surface area contributed by atoms with Gasteiger partial charge in [0.15, 0.2) is 0 Å². The van der Waals surface area contributed by atoms with Gasteiger partial charge in [0.2, 0.25) is 0 Å². The van der Waals surface area contributed by atoms with Gasteiger partial charge < -0.3 is 19.5 Å². The number of ether oxygens (including phenoxy) is 2. The maximum Gasteiger partial charge on any atom is 0.491 e. The molecule has 0 unspecified atom stereocenters. The van der Waals surface area contributed by atoms with E-state index in [1.165, 1.54) is 17.7 Å². The van der Waals surface area contributed by atoms with Crippen molar-refractivity contribution in [2.45, 2.75) is 20.0 Å². The van der Waals surface area contributed by atoms with E-state index in [1.807, 2.05) is 48.5 Å². The van der Waals surface area contributed by atoms with Gasteiger partial charge in [-0.05, 0) is 18.6 Å². The molecule has 29 heavy (non-hydrogen) atoms. The molecule has 0 amide bonds. The molecule has 0 aliphatic heterocycles. The van der Waals surface area contributed by atoms with Crippen molar-refractivity contribution in [3.63, 3.8) is 0 Å². The normalized spacial score (nSPS) is 10.1. The van der Waals surface area contributed by atoms with Gasteiger partial charge in [-0.1, -0.05) is 72.3 Å². The Balaban J connectivity index is 0.000000360. The third-order valence-corrected chi connectivity index (χ3v) is 4.00. The molecule has 3 aromatic carbocycles. The topological polar surface area (TPSA) is 58.9 Å². The molecule has 0 fully saturated rings. The molecular formula is C23H26BFO4. The quantitative estimate of drug-likeness (QED) is 0.452. The molecule has 0 atom stereocenters. The fourth-order valence-corrected chi connectivity index (χ4v) is 2.46. The van der Waals surface area contributed by atoms with Crippen molar-refractivity contribution in [1.29, 1.82) is 0 Å². The molecule has 0 aliphatic carbocycles. The van der Waals surface area contributed by atoms with E-state index < -0.39 is 12.9 Å². The molecule has 0 aromatic heterocycles. The van der Waals surface area contributed by atoms with Crippen LogP contribution in [0.25, 0.3) is 0 Å². The van der Waals surface area contributed by atoms with Crippen molar-refractivity contribution in [2.75, 3.05) is 13.2 Å². The third kappa shape index (κ3) is 8.92. The lowest BCUT2D eigenvalue weighted by molar-refractivity contribution is 0.107. The summed E-state index contributed by atoms with van der Waals surface area (Å²) >= 11 is 0. The van der Waals surface area contributed by atoms with Crippen LogP contribution >= 0.6 is 0 Å². The highest BCUT2D eigenvalue weighted by Gasteiger charge is 2.16. The van der Waals surface area contributed by atoms with E-state index in [9.17, 15) is 4.39 Å². The van der Waals surface area contributed by atoms with Crippen molar-refractivity contribution in [2.24, 2.45) is 0 Å². The predicted molar refractivity (Wildman–Crippen MR) is 114 cm³/mol. The van der Waals surface area contributed by atoms with Crippen molar-refractivity contribution < 1.29 is 23.9 Å². The van der Waals surface area contributed by atoms with Crippen LogP contribution in [0.3, 0.4) is 0 Å². The van der Waals surface area contributed by atoms with Crippen LogP contribution in [0.4, 0.5) is 4.39 Å². The first kappa shape index (κ1) is 22.6. The fraction of sp³-hybridized carbons (Fsp3) is 0.217. The fourth-order valence-electron chi connectivity index (χ4n) is 2.46. The predicted octanol–water partition coefficient (Wildman–Crippen LogP) is 3.49. The van der Waals surface area contributed by atoms with Crippen LogP contribution in [0.1, 0.15) is 17.5 Å². The van der Waals surface area contributed by atoms with E-state index in [2.05, 4.69) is 19.1 Å². The smallest absolute Gasteiger partial charge is 0.491 e. The van der Waals surface area contributed by atoms with E-state index >= 15 is 0 Å². The minimum atomic E-state index is -1.82. The number of benzene rings is 3. The monoisotopic (exact) mass is 396 g/mol. The van der Waals surface area contributed by atoms with Gasteiger partial charge in [0.05, 0.1) is 19.8 Å². The molecule has 0 saturated carbocycles. The highest BCUT2D eigenvalue weighted by atomic mass is 19.1. The van der Waals surface area contributed by atoms with E-state index in [-0.39, 0.29) is 5.46 Å². The Labute approximate surface area is 171 Å². The van der Waals surface area contributed by atoms with Crippen LogP contribution in [-0.4, -0.2) is 30.4 Å². The maximum absolute atomic E-state index is 13.5. The minimum absolute atomic E-state index is 0.168. The second kappa shape index (κ2) is 12.7. The Kier molecular flexibility index (Phi) is 9.93. The summed E-state index contributed by atoms with van der Waals surface area (Å²) in [5.41, 5.74) is 2.27. The standard InChI is InChI=1S/C16H18BFO4.C7H8/c18-16-11-14(7-8-15(16)17(19)20)22-10-4-9-21-12-13-5-2-1-3-6-13;1-7-5-3-2-4-6-7/h1-3,5-8,11,19-20H,4,9-10,12H2;2-6H,1H3. The molecule has 0 heterocycles. The van der Waals surface area contributed by atoms with E-state index in [0.717, 1.165) is 11.6 Å². The van der Waals surface area contributed by atoms with Crippen LogP contribution in [0.15, 0.2) is 78.9 Å². The van der Waals surface area contributed by atoms with E-state index in [4.69, 9.17) is 19.5 Å². The summed E-state index contributed by atoms with van der Waals surface area (Å²) in [6.45, 7) is 3.58. The molecular weight excluding hydrogens is 370 g/mol. The van der Waals surface area contributed by atoms with Crippen molar-refractivity contribution in [3.05, 3.63) is 95.8 Å². The molecule has 6 heteroatoms. The molecule has 0 radical (unpaired) electrons. The van der Waals surface area contributed by atoms with Gasteiger partial charge >= 0.3 is 7.12 Å². The van der Waals surface area contributed by atoms with Gasteiger partial charge in [-0.25, -0.2) is 4.39 Å². The number of rotatable bonds is 8. The van der Waals surface area contributed by atoms with Gasteiger partial charge in [0.25, 0.3) is 0 Å². The second-order valence-electron chi connectivity index (χ2n) is 6.45. The molecule has 0 bridgehead atoms. The lowest BCUT2D eigenvalue weighted by atomic mass is 9.80. The lowest BCUT2D eigenvalue weighted by Gasteiger charge is -2.08. The lowest BCUT2D eigenvalue weighted by Crippen LogP contribution is -2.32. The zero-order chi connectivity index (χ0) is 20.9. The number of hydrogen-bond acceptors (Lipinski definition) is 4. The Hall–Kier alpha value is -2.67. The highest BCUT2D eigenvalue weighted by Crippen LogP contribution is 2.11. The summed E-state index contributed by atoms with van der Waals surface area (Å²) in [5, 5.41) is 17.8. The highest BCUT2D eigenvalue weighted by molar-refractivity contribution is 6.58. The molecule has 2 N–H and O–H groups in total. The van der Waals surface area contributed by atoms with Crippen LogP contribution in [0.5, 0.6) is 5.75 Å². The molecule has 0 aliphatic rings. The Morgan fingerprint density at radius 3 is 2.07 bits per heavy atom. The molecule has 3 rings (SSSR count). The van der Waals surface area contributed by atoms with Gasteiger partial charge in [0.1, 0.15) is 11.6 Å². The summed E-state index contributed by atoms with van der Waals surface area (Å²) in [7, 11) is -1.82. The first-order valence-corrected chi connectivity index (χ1v) is 9.48. The summed E-state index contributed by atoms with van der Waals surface area (Å²) in [5.74, 6) is -0.349. The zero-order valence-corrected chi connectivity index (χ0v) is 16.5. The average molecular weight is 396 g/mol. The summed E-state index contributed by atoms with van der Waals surface area (Å²) in [6, 6.07) is 24.1. The van der Waals surface area contributed by atoms with Crippen molar-refractivity contribution in [1.82, 2.24) is 0 Å². The summed E-state index contributed by atoms with van der Waals surface area (Å²) in [6.07, 6.45) is 0.679. The van der Waals surface area contributed by atoms with Gasteiger partial charge in [-0.2, -0.15) is 0 Å². The third-order valence-electron chi connectivity index (χ3n) is 4.00. The van der Waals surface area contributed by atoms with Crippen molar-refractivity contribution in [3.8, 4) is 5.75 Å². The van der Waals surface area contributed by atoms with E-state index in [1.54, 1.807) is 0 Å². The minimum Gasteiger partial charge on any atom is -0.493 e.